The summed E-state index contributed by atoms with van der Waals surface area (Å²) in [6.45, 7) is 5.18. The Balaban J connectivity index is 1.41. The molecule has 7 heteroatoms. The zero-order chi connectivity index (χ0) is 22.7. The molecule has 1 N–H and O–H groups in total. The van der Waals surface area contributed by atoms with E-state index in [4.69, 9.17) is 9.47 Å². The molecule has 2 aliphatic rings. The molecule has 0 unspecified atom stereocenters. The van der Waals surface area contributed by atoms with Gasteiger partial charge in [-0.1, -0.05) is 47.8 Å². The third-order valence-electron chi connectivity index (χ3n) is 6.63. The molecule has 2 aliphatic carbocycles. The third-order valence-corrected chi connectivity index (χ3v) is 7.96. The van der Waals surface area contributed by atoms with Crippen molar-refractivity contribution in [2.45, 2.75) is 46.1 Å². The van der Waals surface area contributed by atoms with Gasteiger partial charge in [-0.15, -0.1) is 0 Å². The van der Waals surface area contributed by atoms with Crippen LogP contribution in [0.3, 0.4) is 0 Å². The number of nitrogens with zero attached hydrogens (tertiary/aromatic N) is 1. The maximum atomic E-state index is 12.6. The lowest BCUT2D eigenvalue weighted by Gasteiger charge is -2.15. The third kappa shape index (κ3) is 5.14. The van der Waals surface area contributed by atoms with Gasteiger partial charge in [-0.25, -0.2) is 5.43 Å². The van der Waals surface area contributed by atoms with Crippen LogP contribution in [0.5, 0.6) is 11.5 Å². The Morgan fingerprint density at radius 2 is 2.06 bits per heavy atom. The molecular formula is C25H28BrIN2O3. The first-order chi connectivity index (χ1) is 15.4. The fourth-order valence-electron chi connectivity index (χ4n) is 4.89. The number of fused-ring (bicyclic) bond motifs is 1. The summed E-state index contributed by atoms with van der Waals surface area (Å²) in [7, 11) is 0. The number of hydrogen-bond donors (Lipinski definition) is 1. The van der Waals surface area contributed by atoms with E-state index in [0.717, 1.165) is 32.0 Å². The van der Waals surface area contributed by atoms with Crippen molar-refractivity contribution < 1.29 is 14.3 Å². The number of hydrogen-bond acceptors (Lipinski definition) is 4. The number of halogens is 2. The van der Waals surface area contributed by atoms with Crippen molar-refractivity contribution in [3.05, 3.63) is 55.6 Å². The number of amides is 1. The molecule has 0 spiro atoms. The lowest BCUT2D eigenvalue weighted by atomic mass is 9.90. The first-order valence-corrected chi connectivity index (χ1v) is 13.0. The normalized spacial score (nSPS) is 24.1. The van der Waals surface area contributed by atoms with Crippen LogP contribution in [-0.4, -0.2) is 18.7 Å². The summed E-state index contributed by atoms with van der Waals surface area (Å²) in [6, 6.07) is 11.9. The van der Waals surface area contributed by atoms with E-state index in [9.17, 15) is 4.79 Å². The minimum absolute atomic E-state index is 0.0461. The Kier molecular flexibility index (Phi) is 7.44. The lowest BCUT2D eigenvalue weighted by Crippen LogP contribution is -2.22. The Morgan fingerprint density at radius 1 is 1.28 bits per heavy atom. The van der Waals surface area contributed by atoms with E-state index < -0.39 is 0 Å². The molecule has 0 heterocycles. The topological polar surface area (TPSA) is 59.9 Å². The molecule has 0 bridgehead atoms. The molecule has 5 nitrogen and oxygen atoms in total. The van der Waals surface area contributed by atoms with E-state index in [2.05, 4.69) is 56.0 Å². The summed E-state index contributed by atoms with van der Waals surface area (Å²) in [6.07, 6.45) is 6.46. The van der Waals surface area contributed by atoms with E-state index >= 15 is 0 Å². The van der Waals surface area contributed by atoms with Gasteiger partial charge >= 0.3 is 0 Å². The first kappa shape index (κ1) is 23.5. The quantitative estimate of drug-likeness (QED) is 0.217. The molecule has 0 saturated heterocycles. The second-order valence-electron chi connectivity index (χ2n) is 8.75. The molecule has 2 fully saturated rings. The average Bonchev–Trinajstić information content (AvgIpc) is 3.40. The van der Waals surface area contributed by atoms with Gasteiger partial charge < -0.3 is 9.47 Å². The predicted octanol–water partition coefficient (Wildman–Crippen LogP) is 6.31. The van der Waals surface area contributed by atoms with Gasteiger partial charge in [-0.05, 0) is 89.1 Å². The average molecular weight is 611 g/mol. The van der Waals surface area contributed by atoms with Crippen LogP contribution in [0.25, 0.3) is 0 Å². The van der Waals surface area contributed by atoms with Gasteiger partial charge in [0.25, 0.3) is 0 Å². The zero-order valence-corrected chi connectivity index (χ0v) is 22.1. The van der Waals surface area contributed by atoms with Gasteiger partial charge in [0.15, 0.2) is 11.5 Å². The van der Waals surface area contributed by atoms with Gasteiger partial charge in [0.2, 0.25) is 5.91 Å². The number of carbonyl (C=O) groups excluding carboxylic acids is 1. The molecule has 4 rings (SSSR count). The summed E-state index contributed by atoms with van der Waals surface area (Å²) in [5, 5.41) is 4.24. The number of hydrazone groups is 1. The fourth-order valence-corrected chi connectivity index (χ4v) is 5.94. The summed E-state index contributed by atoms with van der Waals surface area (Å²) in [5.74, 6) is 2.07. The largest absolute Gasteiger partial charge is 0.490 e. The van der Waals surface area contributed by atoms with Crippen LogP contribution in [0.1, 0.15) is 50.7 Å². The van der Waals surface area contributed by atoms with Crippen LogP contribution in [0.4, 0.5) is 0 Å². The van der Waals surface area contributed by atoms with Crippen LogP contribution in [0.2, 0.25) is 0 Å². The molecular weight excluding hydrogens is 583 g/mol. The highest BCUT2D eigenvalue weighted by Crippen LogP contribution is 2.66. The minimum atomic E-state index is 0.0461. The second kappa shape index (κ2) is 10.1. The lowest BCUT2D eigenvalue weighted by molar-refractivity contribution is -0.123. The van der Waals surface area contributed by atoms with Crippen molar-refractivity contribution in [1.82, 2.24) is 5.43 Å². The number of carbonyl (C=O) groups is 1. The molecule has 2 aromatic carbocycles. The zero-order valence-electron chi connectivity index (χ0n) is 18.4. The van der Waals surface area contributed by atoms with Crippen molar-refractivity contribution in [1.29, 1.82) is 0 Å². The Hall–Kier alpha value is -1.61. The molecule has 3 atom stereocenters. The summed E-state index contributed by atoms with van der Waals surface area (Å²) < 4.78 is 13.9. The van der Waals surface area contributed by atoms with Gasteiger partial charge in [-0.2, -0.15) is 5.10 Å². The standard InChI is InChI=1S/C25H28BrIN2O3/c1-3-31-21-13-17(12-20(27)23(21)32-15-16-7-9-18(26)10-8-16)14-28-29-24(30)22-19-6-4-5-11-25(19,22)2/h7-10,12-14,19,22H,3-6,11,15H2,1-2H3,(H,29,30)/b28-14-/t19-,22-,25+/m0/s1. The fraction of sp³-hybridized carbons (Fsp3) is 0.440. The maximum Gasteiger partial charge on any atom is 0.244 e. The van der Waals surface area contributed by atoms with Crippen LogP contribution in [0, 0.1) is 20.8 Å². The summed E-state index contributed by atoms with van der Waals surface area (Å²) >= 11 is 5.70. The molecule has 32 heavy (non-hydrogen) atoms. The monoisotopic (exact) mass is 610 g/mol. The van der Waals surface area contributed by atoms with Crippen molar-refractivity contribution in [2.75, 3.05) is 6.61 Å². The molecule has 0 aromatic heterocycles. The van der Waals surface area contributed by atoms with Crippen LogP contribution < -0.4 is 14.9 Å². The van der Waals surface area contributed by atoms with Gasteiger partial charge in [0.1, 0.15) is 6.61 Å². The Morgan fingerprint density at radius 3 is 2.75 bits per heavy atom. The van der Waals surface area contributed by atoms with Crippen molar-refractivity contribution in [2.24, 2.45) is 22.4 Å². The molecule has 2 aromatic rings. The highest BCUT2D eigenvalue weighted by Gasteiger charge is 2.64. The highest BCUT2D eigenvalue weighted by molar-refractivity contribution is 14.1. The van der Waals surface area contributed by atoms with E-state index in [1.54, 1.807) is 6.21 Å². The van der Waals surface area contributed by atoms with Gasteiger partial charge in [-0.3, -0.25) is 4.79 Å². The minimum Gasteiger partial charge on any atom is -0.490 e. The van der Waals surface area contributed by atoms with E-state index in [-0.39, 0.29) is 17.2 Å². The van der Waals surface area contributed by atoms with Crippen LogP contribution in [-0.2, 0) is 11.4 Å². The number of benzene rings is 2. The highest BCUT2D eigenvalue weighted by atomic mass is 127. The maximum absolute atomic E-state index is 12.6. The van der Waals surface area contributed by atoms with E-state index in [1.165, 1.54) is 12.8 Å². The predicted molar refractivity (Wildman–Crippen MR) is 138 cm³/mol. The first-order valence-electron chi connectivity index (χ1n) is 11.1. The van der Waals surface area contributed by atoms with Crippen molar-refractivity contribution >= 4 is 50.6 Å². The van der Waals surface area contributed by atoms with Crippen molar-refractivity contribution in [3.8, 4) is 11.5 Å². The second-order valence-corrected chi connectivity index (χ2v) is 10.8. The number of rotatable bonds is 8. The molecule has 2 saturated carbocycles. The van der Waals surface area contributed by atoms with Gasteiger partial charge in [0.05, 0.1) is 16.4 Å². The smallest absolute Gasteiger partial charge is 0.244 e. The van der Waals surface area contributed by atoms with Gasteiger partial charge in [0, 0.05) is 10.4 Å². The number of nitrogens with one attached hydrogen (secondary N) is 1. The van der Waals surface area contributed by atoms with Crippen LogP contribution >= 0.6 is 38.5 Å². The van der Waals surface area contributed by atoms with E-state index in [1.807, 2.05) is 43.3 Å². The molecule has 0 aliphatic heterocycles. The Bertz CT molecular complexity index is 1010. The number of ether oxygens (including phenoxy) is 2. The van der Waals surface area contributed by atoms with Crippen molar-refractivity contribution in [3.63, 3.8) is 0 Å². The van der Waals surface area contributed by atoms with E-state index in [0.29, 0.717) is 30.6 Å². The summed E-state index contributed by atoms with van der Waals surface area (Å²) in [4.78, 5) is 12.6. The Labute approximate surface area is 211 Å². The summed E-state index contributed by atoms with van der Waals surface area (Å²) in [5.41, 5.74) is 4.88. The van der Waals surface area contributed by atoms with Crippen LogP contribution in [0.15, 0.2) is 46.0 Å². The molecule has 0 radical (unpaired) electrons. The molecule has 1 amide bonds. The molecule has 170 valence electrons. The SMILES string of the molecule is CCOc1cc(/C=N\NC(=O)[C@@H]2[C@@H]3CCCC[C@@]23C)cc(I)c1OCc1ccc(Br)cc1.